The third-order valence-electron chi connectivity index (χ3n) is 5.59. The average molecular weight is 386 g/mol. The van der Waals surface area contributed by atoms with Gasteiger partial charge in [0.2, 0.25) is 11.8 Å². The van der Waals surface area contributed by atoms with Gasteiger partial charge in [0.15, 0.2) is 0 Å². The third kappa shape index (κ3) is 6.17. The number of ether oxygens (including phenoxy) is 1. The quantitative estimate of drug-likeness (QED) is 0.742. The predicted molar refractivity (Wildman–Crippen MR) is 109 cm³/mol. The van der Waals surface area contributed by atoms with Gasteiger partial charge in [-0.2, -0.15) is 0 Å². The second kappa shape index (κ2) is 10.4. The minimum Gasteiger partial charge on any atom is -0.376 e. The number of rotatable bonds is 8. The van der Waals surface area contributed by atoms with Crippen LogP contribution in [-0.4, -0.2) is 67.0 Å². The zero-order valence-corrected chi connectivity index (χ0v) is 16.5. The number of piperidine rings is 1. The Morgan fingerprint density at radius 1 is 1.18 bits per heavy atom. The minimum absolute atomic E-state index is 0.0526. The molecule has 2 N–H and O–H groups in total. The largest absolute Gasteiger partial charge is 0.376 e. The molecule has 0 radical (unpaired) electrons. The Bertz CT molecular complexity index is 663. The predicted octanol–water partition coefficient (Wildman–Crippen LogP) is 1.90. The molecule has 6 heteroatoms. The lowest BCUT2D eigenvalue weighted by molar-refractivity contribution is -0.133. The molecule has 0 aromatic heterocycles. The molecule has 2 aliphatic heterocycles. The Labute approximate surface area is 167 Å². The molecule has 1 aromatic carbocycles. The van der Waals surface area contributed by atoms with Crippen LogP contribution in [0, 0.1) is 5.92 Å². The van der Waals surface area contributed by atoms with E-state index in [0.29, 0.717) is 19.6 Å². The first-order chi connectivity index (χ1) is 13.6. The van der Waals surface area contributed by atoms with Gasteiger partial charge in [0, 0.05) is 25.6 Å². The number of hydrogen-bond donors (Lipinski definition) is 1. The highest BCUT2D eigenvalue weighted by Gasteiger charge is 2.27. The van der Waals surface area contributed by atoms with E-state index in [9.17, 15) is 9.59 Å². The number of likely N-dealkylation sites (tertiary alicyclic amines) is 1. The van der Waals surface area contributed by atoms with Crippen LogP contribution in [0.2, 0.25) is 0 Å². The van der Waals surface area contributed by atoms with Crippen LogP contribution in [0.4, 0.5) is 0 Å². The van der Waals surface area contributed by atoms with Crippen molar-refractivity contribution in [3.05, 3.63) is 42.0 Å². The summed E-state index contributed by atoms with van der Waals surface area (Å²) in [5.74, 6) is -0.161. The molecule has 1 unspecified atom stereocenters. The molecule has 6 nitrogen and oxygen atoms in total. The molecule has 2 aliphatic rings. The van der Waals surface area contributed by atoms with Crippen molar-refractivity contribution in [2.24, 2.45) is 11.7 Å². The first-order valence-corrected chi connectivity index (χ1v) is 10.2. The summed E-state index contributed by atoms with van der Waals surface area (Å²) >= 11 is 0. The van der Waals surface area contributed by atoms with Crippen LogP contribution in [0.5, 0.6) is 0 Å². The maximum absolute atomic E-state index is 13.0. The average Bonchev–Trinajstić information content (AvgIpc) is 3.21. The van der Waals surface area contributed by atoms with Gasteiger partial charge in [-0.15, -0.1) is 0 Å². The van der Waals surface area contributed by atoms with Crippen LogP contribution in [0.1, 0.15) is 31.2 Å². The number of carbonyl (C=O) groups is 2. The van der Waals surface area contributed by atoms with E-state index < -0.39 is 0 Å². The molecule has 0 spiro atoms. The van der Waals surface area contributed by atoms with Crippen molar-refractivity contribution < 1.29 is 14.3 Å². The fourth-order valence-corrected chi connectivity index (χ4v) is 3.86. The molecule has 3 rings (SSSR count). The van der Waals surface area contributed by atoms with Crippen molar-refractivity contribution in [2.75, 3.05) is 39.3 Å². The monoisotopic (exact) mass is 385 g/mol. The van der Waals surface area contributed by atoms with E-state index in [1.54, 1.807) is 0 Å². The first kappa shape index (κ1) is 20.6. The molecule has 0 saturated carbocycles. The summed E-state index contributed by atoms with van der Waals surface area (Å²) in [6.45, 7) is 3.87. The Hall–Kier alpha value is -2.18. The van der Waals surface area contributed by atoms with Crippen molar-refractivity contribution in [3.63, 3.8) is 0 Å². The van der Waals surface area contributed by atoms with Gasteiger partial charge in [-0.05, 0) is 44.3 Å². The fraction of sp³-hybridized carbons (Fsp3) is 0.545. The number of hydrogen-bond acceptors (Lipinski definition) is 4. The van der Waals surface area contributed by atoms with Crippen LogP contribution in [0.25, 0.3) is 6.08 Å². The standard InChI is InChI=1S/C22H31N3O3/c23-22(27)19-10-13-24(14-11-19)17-21(26)25(16-20-9-5-15-28-20)12-4-8-18-6-2-1-3-7-18/h1-4,6-8,19-20H,5,9-17H2,(H2,23,27). The van der Waals surface area contributed by atoms with E-state index in [1.807, 2.05) is 47.4 Å². The lowest BCUT2D eigenvalue weighted by atomic mass is 9.96. The Kier molecular flexibility index (Phi) is 7.62. The summed E-state index contributed by atoms with van der Waals surface area (Å²) in [4.78, 5) is 28.3. The van der Waals surface area contributed by atoms with Crippen LogP contribution in [-0.2, 0) is 14.3 Å². The lowest BCUT2D eigenvalue weighted by Gasteiger charge is -2.32. The number of primary amides is 1. The summed E-state index contributed by atoms with van der Waals surface area (Å²) < 4.78 is 5.75. The zero-order valence-electron chi connectivity index (χ0n) is 16.5. The smallest absolute Gasteiger partial charge is 0.237 e. The molecule has 2 saturated heterocycles. The fourth-order valence-electron chi connectivity index (χ4n) is 3.86. The SMILES string of the molecule is NC(=O)C1CCN(CC(=O)N(CC=Cc2ccccc2)CC2CCCO2)CC1. The van der Waals surface area contributed by atoms with E-state index in [2.05, 4.69) is 4.90 Å². The van der Waals surface area contributed by atoms with Crippen LogP contribution in [0.3, 0.4) is 0 Å². The number of amides is 2. The summed E-state index contributed by atoms with van der Waals surface area (Å²) in [6.07, 6.45) is 7.78. The number of benzene rings is 1. The molecule has 0 bridgehead atoms. The molecule has 2 amide bonds. The van der Waals surface area contributed by atoms with Gasteiger partial charge in [0.05, 0.1) is 12.6 Å². The minimum atomic E-state index is -0.225. The number of nitrogens with zero attached hydrogens (tertiary/aromatic N) is 2. The van der Waals surface area contributed by atoms with E-state index in [0.717, 1.165) is 50.9 Å². The summed E-state index contributed by atoms with van der Waals surface area (Å²) in [5.41, 5.74) is 6.53. The third-order valence-corrected chi connectivity index (χ3v) is 5.59. The molecule has 28 heavy (non-hydrogen) atoms. The van der Waals surface area contributed by atoms with Crippen molar-refractivity contribution in [1.82, 2.24) is 9.80 Å². The normalized spacial score (nSPS) is 21.2. The molecule has 2 heterocycles. The van der Waals surface area contributed by atoms with Gasteiger partial charge < -0.3 is 15.4 Å². The van der Waals surface area contributed by atoms with E-state index in [1.165, 1.54) is 0 Å². The van der Waals surface area contributed by atoms with Crippen LogP contribution in [0.15, 0.2) is 36.4 Å². The van der Waals surface area contributed by atoms with E-state index in [4.69, 9.17) is 10.5 Å². The van der Waals surface area contributed by atoms with Gasteiger partial charge in [0.25, 0.3) is 0 Å². The number of nitrogens with two attached hydrogens (primary N) is 1. The molecular weight excluding hydrogens is 354 g/mol. The maximum Gasteiger partial charge on any atom is 0.237 e. The summed E-state index contributed by atoms with van der Waals surface area (Å²) in [6, 6.07) is 10.1. The van der Waals surface area contributed by atoms with E-state index >= 15 is 0 Å². The molecule has 0 aliphatic carbocycles. The second-order valence-corrected chi connectivity index (χ2v) is 7.70. The Balaban J connectivity index is 1.55. The molecule has 2 fully saturated rings. The Morgan fingerprint density at radius 2 is 1.93 bits per heavy atom. The summed E-state index contributed by atoms with van der Waals surface area (Å²) in [7, 11) is 0. The number of carbonyl (C=O) groups excluding carboxylic acids is 2. The lowest BCUT2D eigenvalue weighted by Crippen LogP contribution is -2.46. The highest BCUT2D eigenvalue weighted by atomic mass is 16.5. The van der Waals surface area contributed by atoms with E-state index in [-0.39, 0.29) is 23.8 Å². The topological polar surface area (TPSA) is 75.9 Å². The van der Waals surface area contributed by atoms with Crippen LogP contribution >= 0.6 is 0 Å². The zero-order chi connectivity index (χ0) is 19.8. The second-order valence-electron chi connectivity index (χ2n) is 7.70. The first-order valence-electron chi connectivity index (χ1n) is 10.2. The summed E-state index contributed by atoms with van der Waals surface area (Å²) in [5, 5.41) is 0. The van der Waals surface area contributed by atoms with Crippen molar-refractivity contribution >= 4 is 17.9 Å². The van der Waals surface area contributed by atoms with Gasteiger partial charge in [0.1, 0.15) is 0 Å². The van der Waals surface area contributed by atoms with Crippen LogP contribution < -0.4 is 5.73 Å². The molecule has 1 aromatic rings. The van der Waals surface area contributed by atoms with Crippen molar-refractivity contribution in [2.45, 2.75) is 31.8 Å². The Morgan fingerprint density at radius 3 is 2.57 bits per heavy atom. The van der Waals surface area contributed by atoms with Gasteiger partial charge >= 0.3 is 0 Å². The van der Waals surface area contributed by atoms with Crippen molar-refractivity contribution in [3.8, 4) is 0 Å². The van der Waals surface area contributed by atoms with Gasteiger partial charge in [-0.25, -0.2) is 0 Å². The molecular formula is C22H31N3O3. The van der Waals surface area contributed by atoms with Gasteiger partial charge in [-0.3, -0.25) is 14.5 Å². The highest BCUT2D eigenvalue weighted by molar-refractivity contribution is 5.79. The highest BCUT2D eigenvalue weighted by Crippen LogP contribution is 2.18. The molecule has 1 atom stereocenters. The van der Waals surface area contributed by atoms with Gasteiger partial charge in [-0.1, -0.05) is 42.5 Å². The van der Waals surface area contributed by atoms with Crippen molar-refractivity contribution in [1.29, 1.82) is 0 Å². The maximum atomic E-state index is 13.0. The molecule has 152 valence electrons.